The Morgan fingerprint density at radius 1 is 1.10 bits per heavy atom. The molecule has 4 heterocycles. The molecule has 2 aromatic heterocycles. The zero-order chi connectivity index (χ0) is 21.2. The summed E-state index contributed by atoms with van der Waals surface area (Å²) in [6.45, 7) is 4.00. The van der Waals surface area contributed by atoms with Crippen LogP contribution in [0.1, 0.15) is 36.1 Å². The van der Waals surface area contributed by atoms with E-state index in [4.69, 9.17) is 4.98 Å². The summed E-state index contributed by atoms with van der Waals surface area (Å²) in [4.78, 5) is 35.1. The number of benzene rings is 1. The third-order valence-electron chi connectivity index (χ3n) is 5.89. The summed E-state index contributed by atoms with van der Waals surface area (Å²) in [5, 5.41) is 4.48. The number of thioether (sulfide) groups is 1. The fourth-order valence-electron chi connectivity index (χ4n) is 4.23. The van der Waals surface area contributed by atoms with Crippen LogP contribution in [0.15, 0.2) is 39.5 Å². The van der Waals surface area contributed by atoms with Gasteiger partial charge in [-0.15, -0.1) is 5.10 Å². The number of aromatic nitrogens is 3. The lowest BCUT2D eigenvalue weighted by molar-refractivity contribution is -0.129. The Balaban J connectivity index is 1.30. The molecule has 7 nitrogen and oxygen atoms in total. The van der Waals surface area contributed by atoms with E-state index in [0.29, 0.717) is 17.3 Å². The van der Waals surface area contributed by atoms with Gasteiger partial charge >= 0.3 is 0 Å². The van der Waals surface area contributed by atoms with Crippen molar-refractivity contribution >= 4 is 34.0 Å². The van der Waals surface area contributed by atoms with Gasteiger partial charge in [-0.05, 0) is 24.8 Å². The summed E-state index contributed by atoms with van der Waals surface area (Å²) in [5.41, 5.74) is 2.79. The number of hydrogen-bond acceptors (Lipinski definition) is 7. The van der Waals surface area contributed by atoms with Gasteiger partial charge in [0.05, 0.1) is 17.0 Å². The number of likely N-dealkylation sites (tertiary alicyclic amines) is 1. The Hall–Kier alpha value is -2.23. The number of carbonyl (C=O) groups is 1. The molecule has 1 amide bonds. The maximum Gasteiger partial charge on any atom is 0.279 e. The Kier molecular flexibility index (Phi) is 6.06. The van der Waals surface area contributed by atoms with E-state index in [1.54, 1.807) is 0 Å². The highest BCUT2D eigenvalue weighted by atomic mass is 32.2. The lowest BCUT2D eigenvalue weighted by Crippen LogP contribution is -2.36. The number of piperidine rings is 1. The molecule has 1 fully saturated rings. The van der Waals surface area contributed by atoms with E-state index in [-0.39, 0.29) is 11.5 Å². The summed E-state index contributed by atoms with van der Waals surface area (Å²) in [6, 6.07) is 10.3. The number of rotatable bonds is 5. The lowest BCUT2D eigenvalue weighted by atomic mass is 10.1. The molecule has 0 spiro atoms. The van der Waals surface area contributed by atoms with Crippen molar-refractivity contribution in [2.24, 2.45) is 0 Å². The van der Waals surface area contributed by atoms with Crippen molar-refractivity contribution in [3.8, 4) is 0 Å². The molecule has 2 aliphatic heterocycles. The van der Waals surface area contributed by atoms with Crippen molar-refractivity contribution in [2.75, 3.05) is 25.4 Å². The Bertz CT molecular complexity index is 1140. The molecular weight excluding hydrogens is 430 g/mol. The first-order valence-electron chi connectivity index (χ1n) is 10.8. The standard InChI is InChI=1S/C22H25N5O2S2/c28-19(26-10-5-2-6-11-26)15-30-22-24-27-20(29)17-14-25(13-16-7-3-1-4-8-16)12-9-18(17)23-21(27)31-22/h1,3-4,7-8H,2,5-6,9-15H2. The van der Waals surface area contributed by atoms with Gasteiger partial charge in [0, 0.05) is 39.1 Å². The van der Waals surface area contributed by atoms with Crippen molar-refractivity contribution in [1.82, 2.24) is 24.4 Å². The molecule has 0 radical (unpaired) electrons. The molecule has 3 aromatic rings. The van der Waals surface area contributed by atoms with Crippen LogP contribution in [0.4, 0.5) is 0 Å². The van der Waals surface area contributed by atoms with E-state index < -0.39 is 0 Å². The Labute approximate surface area is 189 Å². The maximum absolute atomic E-state index is 13.1. The smallest absolute Gasteiger partial charge is 0.279 e. The number of carbonyl (C=O) groups excluding carboxylic acids is 1. The summed E-state index contributed by atoms with van der Waals surface area (Å²) in [7, 11) is 0. The number of fused-ring (bicyclic) bond motifs is 2. The first kappa shape index (κ1) is 20.7. The van der Waals surface area contributed by atoms with E-state index in [9.17, 15) is 9.59 Å². The topological polar surface area (TPSA) is 70.8 Å². The number of nitrogens with zero attached hydrogens (tertiary/aromatic N) is 5. The second-order valence-corrected chi connectivity index (χ2v) is 10.3. The van der Waals surface area contributed by atoms with Crippen LogP contribution in [0.2, 0.25) is 0 Å². The van der Waals surface area contributed by atoms with Crippen molar-refractivity contribution in [3.63, 3.8) is 0 Å². The molecule has 0 N–H and O–H groups in total. The van der Waals surface area contributed by atoms with Crippen LogP contribution in [-0.2, 0) is 24.3 Å². The minimum Gasteiger partial charge on any atom is -0.342 e. The fourth-order valence-corrected chi connectivity index (χ4v) is 6.08. The number of amides is 1. The van der Waals surface area contributed by atoms with E-state index in [0.717, 1.165) is 61.0 Å². The van der Waals surface area contributed by atoms with Crippen molar-refractivity contribution < 1.29 is 4.79 Å². The molecule has 9 heteroatoms. The van der Waals surface area contributed by atoms with Gasteiger partial charge in [-0.3, -0.25) is 14.5 Å². The quantitative estimate of drug-likeness (QED) is 0.551. The third kappa shape index (κ3) is 4.53. The molecule has 1 aromatic carbocycles. The second-order valence-electron chi connectivity index (χ2n) is 8.08. The van der Waals surface area contributed by atoms with E-state index in [1.165, 1.54) is 39.6 Å². The first-order valence-corrected chi connectivity index (χ1v) is 12.6. The zero-order valence-corrected chi connectivity index (χ0v) is 19.0. The van der Waals surface area contributed by atoms with E-state index >= 15 is 0 Å². The third-order valence-corrected chi connectivity index (χ3v) is 7.92. The highest BCUT2D eigenvalue weighted by Crippen LogP contribution is 2.26. The largest absolute Gasteiger partial charge is 0.342 e. The van der Waals surface area contributed by atoms with Crippen molar-refractivity contribution in [3.05, 3.63) is 57.5 Å². The minimum atomic E-state index is -0.0804. The maximum atomic E-state index is 13.1. The predicted molar refractivity (Wildman–Crippen MR) is 123 cm³/mol. The Morgan fingerprint density at radius 2 is 1.90 bits per heavy atom. The van der Waals surface area contributed by atoms with Crippen LogP contribution in [-0.4, -0.2) is 55.7 Å². The molecule has 2 aliphatic rings. The fraction of sp³-hybridized carbons (Fsp3) is 0.455. The van der Waals surface area contributed by atoms with E-state index in [1.807, 2.05) is 23.1 Å². The van der Waals surface area contributed by atoms with Crippen LogP contribution in [0.3, 0.4) is 0 Å². The average molecular weight is 456 g/mol. The molecular formula is C22H25N5O2S2. The summed E-state index contributed by atoms with van der Waals surface area (Å²) in [5.74, 6) is 0.513. The molecule has 0 bridgehead atoms. The van der Waals surface area contributed by atoms with Gasteiger partial charge in [0.25, 0.3) is 5.56 Å². The van der Waals surface area contributed by atoms with Crippen LogP contribution in [0.5, 0.6) is 0 Å². The van der Waals surface area contributed by atoms with Gasteiger partial charge in [-0.1, -0.05) is 53.4 Å². The molecule has 1 saturated heterocycles. The van der Waals surface area contributed by atoms with Crippen LogP contribution in [0, 0.1) is 0 Å². The van der Waals surface area contributed by atoms with Crippen LogP contribution >= 0.6 is 23.1 Å². The van der Waals surface area contributed by atoms with Gasteiger partial charge < -0.3 is 4.90 Å². The Morgan fingerprint density at radius 3 is 2.71 bits per heavy atom. The minimum absolute atomic E-state index is 0.0804. The van der Waals surface area contributed by atoms with Gasteiger partial charge in [0.2, 0.25) is 10.9 Å². The van der Waals surface area contributed by atoms with Crippen molar-refractivity contribution in [1.29, 1.82) is 0 Å². The predicted octanol–water partition coefficient (Wildman–Crippen LogP) is 2.81. The lowest BCUT2D eigenvalue weighted by Gasteiger charge is -2.27. The molecule has 0 aliphatic carbocycles. The van der Waals surface area contributed by atoms with E-state index in [2.05, 4.69) is 22.1 Å². The molecule has 0 atom stereocenters. The van der Waals surface area contributed by atoms with Gasteiger partial charge in [-0.25, -0.2) is 4.98 Å². The highest BCUT2D eigenvalue weighted by molar-refractivity contribution is 8.01. The second kappa shape index (κ2) is 9.10. The van der Waals surface area contributed by atoms with Gasteiger partial charge in [-0.2, -0.15) is 4.52 Å². The molecule has 162 valence electrons. The summed E-state index contributed by atoms with van der Waals surface area (Å²) < 4.78 is 2.14. The first-order chi connectivity index (χ1) is 15.2. The normalized spacial score (nSPS) is 17.1. The monoisotopic (exact) mass is 455 g/mol. The molecule has 0 saturated carbocycles. The highest BCUT2D eigenvalue weighted by Gasteiger charge is 2.24. The summed E-state index contributed by atoms with van der Waals surface area (Å²) in [6.07, 6.45) is 4.14. The molecule has 31 heavy (non-hydrogen) atoms. The summed E-state index contributed by atoms with van der Waals surface area (Å²) >= 11 is 2.80. The van der Waals surface area contributed by atoms with Crippen molar-refractivity contribution in [2.45, 2.75) is 43.1 Å². The number of hydrogen-bond donors (Lipinski definition) is 0. The SMILES string of the molecule is O=C(CSc1nn2c(=O)c3c(nc2s1)CCN(Cc1ccccc1)C3)N1CCCCC1. The average Bonchev–Trinajstić information content (AvgIpc) is 3.22. The molecule has 5 rings (SSSR count). The zero-order valence-electron chi connectivity index (χ0n) is 17.3. The van der Waals surface area contributed by atoms with Crippen LogP contribution in [0.25, 0.3) is 4.96 Å². The molecule has 0 unspecified atom stereocenters. The van der Waals surface area contributed by atoms with Gasteiger partial charge in [0.1, 0.15) is 0 Å². The van der Waals surface area contributed by atoms with Gasteiger partial charge in [0.15, 0.2) is 4.34 Å². The van der Waals surface area contributed by atoms with Crippen LogP contribution < -0.4 is 5.56 Å².